The fraction of sp³-hybridized carbons (Fsp3) is 0.474. The van der Waals surface area contributed by atoms with E-state index in [2.05, 4.69) is 152 Å². The number of nitrogens with zero attached hydrogens (tertiary/aromatic N) is 4. The second kappa shape index (κ2) is 16.7. The monoisotopic (exact) mass is 781 g/mol. The Kier molecular flexibility index (Phi) is 14.9. The smallest absolute Gasteiger partial charge is 0.0889 e. The fourth-order valence-electron chi connectivity index (χ4n) is 4.15. The molecule has 0 bridgehead atoms. The summed E-state index contributed by atoms with van der Waals surface area (Å²) in [6.07, 6.45) is 7.51. The van der Waals surface area contributed by atoms with Crippen molar-refractivity contribution in [2.24, 2.45) is 0 Å². The molecule has 0 unspecified atom stereocenters. The van der Waals surface area contributed by atoms with Crippen LogP contribution >= 0.6 is 0 Å². The molecular weight excluding hydrogens is 727 g/mol. The normalized spacial score (nSPS) is 11.8. The summed E-state index contributed by atoms with van der Waals surface area (Å²) in [5.41, 5.74) is 21.9. The number of rotatable bonds is 3. The molecule has 0 aromatic carbocycles. The van der Waals surface area contributed by atoms with Gasteiger partial charge in [0, 0.05) is 45.2 Å². The van der Waals surface area contributed by atoms with Crippen molar-refractivity contribution in [1.82, 2.24) is 19.9 Å². The van der Waals surface area contributed by atoms with E-state index < -0.39 is 0 Å². The Labute approximate surface area is 287 Å². The molecule has 0 spiro atoms. The number of nitrogens with one attached hydrogen (secondary N) is 2. The summed E-state index contributed by atoms with van der Waals surface area (Å²) < 4.78 is 0. The van der Waals surface area contributed by atoms with Crippen LogP contribution in [0.15, 0.2) is 73.3 Å². The van der Waals surface area contributed by atoms with E-state index in [1.54, 1.807) is 0 Å². The molecule has 4 aromatic rings. The Morgan fingerprint density at radius 2 is 0.578 bits per heavy atom. The summed E-state index contributed by atoms with van der Waals surface area (Å²) in [6, 6.07) is 16.9. The summed E-state index contributed by atoms with van der Waals surface area (Å²) in [7, 11) is 0. The maximum absolute atomic E-state index is 6.26. The predicted molar refractivity (Wildman–Crippen MR) is 188 cm³/mol. The van der Waals surface area contributed by atoms with Crippen molar-refractivity contribution in [2.75, 3.05) is 13.1 Å². The van der Waals surface area contributed by atoms with Gasteiger partial charge in [0.25, 0.3) is 0 Å². The largest absolute Gasteiger partial charge is 0.679 e. The molecule has 0 atom stereocenters. The van der Waals surface area contributed by atoms with Crippen molar-refractivity contribution in [2.45, 2.75) is 105 Å². The van der Waals surface area contributed by atoms with E-state index in [9.17, 15) is 0 Å². The van der Waals surface area contributed by atoms with Crippen molar-refractivity contribution in [3.8, 4) is 22.8 Å². The number of hydrogen-bond donors (Lipinski definition) is 0. The van der Waals surface area contributed by atoms with E-state index in [0.717, 1.165) is 22.8 Å². The van der Waals surface area contributed by atoms with Crippen LogP contribution in [-0.2, 0) is 42.1 Å². The minimum Gasteiger partial charge on any atom is -0.679 e. The van der Waals surface area contributed by atoms with Crippen LogP contribution in [0.1, 0.15) is 105 Å². The summed E-state index contributed by atoms with van der Waals surface area (Å²) in [6.45, 7) is 27.0. The molecule has 1 radical (unpaired) electrons. The van der Waals surface area contributed by atoms with Crippen LogP contribution in [0.25, 0.3) is 34.2 Å². The van der Waals surface area contributed by atoms with Crippen molar-refractivity contribution in [1.29, 1.82) is 0 Å². The van der Waals surface area contributed by atoms with Gasteiger partial charge < -0.3 is 11.5 Å². The fourth-order valence-corrected chi connectivity index (χ4v) is 4.15. The first-order chi connectivity index (χ1) is 20.3. The Bertz CT molecular complexity index is 1250. The van der Waals surface area contributed by atoms with E-state index in [0.29, 0.717) is 0 Å². The SMILES string of the molecule is CC(C)(C)c1ccnc(-c2cc(C(C)(C)C)ccn2)c1.CC(C)(C)c1ccnc(-c2cc(C(C)(C)C)ccn2)c1.[NH-]CC[NH-].[Re]. The predicted octanol–water partition coefficient (Wildman–Crippen LogP) is 10.6. The Morgan fingerprint density at radius 1 is 0.400 bits per heavy atom. The Morgan fingerprint density at radius 3 is 0.711 bits per heavy atom. The van der Waals surface area contributed by atoms with Gasteiger partial charge in [-0.3, -0.25) is 19.9 Å². The molecule has 7 heteroatoms. The summed E-state index contributed by atoms with van der Waals surface area (Å²) in [4.78, 5) is 17.9. The van der Waals surface area contributed by atoms with Crippen LogP contribution in [0, 0.1) is 0 Å². The quantitative estimate of drug-likeness (QED) is 0.207. The zero-order valence-electron chi connectivity index (χ0n) is 29.5. The third-order valence-corrected chi connectivity index (χ3v) is 7.15. The van der Waals surface area contributed by atoms with Crippen LogP contribution in [0.3, 0.4) is 0 Å². The zero-order chi connectivity index (χ0) is 33.3. The molecule has 0 aliphatic heterocycles. The van der Waals surface area contributed by atoms with E-state index in [4.69, 9.17) is 11.5 Å². The minimum absolute atomic E-state index is 0. The third-order valence-electron chi connectivity index (χ3n) is 7.15. The second-order valence-corrected chi connectivity index (χ2v) is 15.2. The molecule has 4 aromatic heterocycles. The van der Waals surface area contributed by atoms with E-state index in [-0.39, 0.29) is 55.2 Å². The Hall–Kier alpha value is -2.82. The zero-order valence-corrected chi connectivity index (χ0v) is 32.2. The van der Waals surface area contributed by atoms with Gasteiger partial charge in [0.05, 0.1) is 22.8 Å². The van der Waals surface area contributed by atoms with Gasteiger partial charge in [-0.2, -0.15) is 13.1 Å². The van der Waals surface area contributed by atoms with E-state index in [1.165, 1.54) is 22.3 Å². The molecule has 0 amide bonds. The van der Waals surface area contributed by atoms with Gasteiger partial charge in [0.2, 0.25) is 0 Å². The van der Waals surface area contributed by atoms with Crippen molar-refractivity contribution in [3.63, 3.8) is 0 Å². The summed E-state index contributed by atoms with van der Waals surface area (Å²) in [5.74, 6) is 0. The number of hydrogen-bond acceptors (Lipinski definition) is 4. The second-order valence-electron chi connectivity index (χ2n) is 15.2. The minimum atomic E-state index is 0. The van der Waals surface area contributed by atoms with Crippen LogP contribution in [-0.4, -0.2) is 33.0 Å². The number of pyridine rings is 4. The van der Waals surface area contributed by atoms with E-state index in [1.807, 2.05) is 24.8 Å². The average molecular weight is 781 g/mol. The Balaban J connectivity index is 0.000000394. The van der Waals surface area contributed by atoms with Gasteiger partial charge in [-0.25, -0.2) is 0 Å². The van der Waals surface area contributed by atoms with Crippen molar-refractivity contribution in [3.05, 3.63) is 107 Å². The molecule has 0 aliphatic rings. The summed E-state index contributed by atoms with van der Waals surface area (Å²) >= 11 is 0. The molecule has 6 nitrogen and oxygen atoms in total. The van der Waals surface area contributed by atoms with Gasteiger partial charge in [-0.15, -0.1) is 0 Å². The molecule has 0 saturated heterocycles. The van der Waals surface area contributed by atoms with Gasteiger partial charge in [0.1, 0.15) is 0 Å². The number of aromatic nitrogens is 4. The molecular formula is C38H54N6Re-2. The van der Waals surface area contributed by atoms with Crippen molar-refractivity contribution < 1.29 is 20.4 Å². The molecule has 45 heavy (non-hydrogen) atoms. The molecule has 4 heterocycles. The first-order valence-electron chi connectivity index (χ1n) is 15.4. The maximum Gasteiger partial charge on any atom is 0.0889 e. The van der Waals surface area contributed by atoms with Crippen LogP contribution in [0.4, 0.5) is 0 Å². The molecule has 0 aliphatic carbocycles. The first kappa shape index (κ1) is 40.2. The average Bonchev–Trinajstić information content (AvgIpc) is 2.96. The van der Waals surface area contributed by atoms with Gasteiger partial charge >= 0.3 is 0 Å². The molecule has 2 N–H and O–H groups in total. The van der Waals surface area contributed by atoms with Crippen LogP contribution in [0.2, 0.25) is 0 Å². The molecule has 4 rings (SSSR count). The van der Waals surface area contributed by atoms with Crippen LogP contribution in [0.5, 0.6) is 0 Å². The molecule has 245 valence electrons. The van der Waals surface area contributed by atoms with Gasteiger partial charge in [-0.05, 0) is 92.4 Å². The molecule has 0 fully saturated rings. The van der Waals surface area contributed by atoms with Crippen molar-refractivity contribution >= 4 is 0 Å². The third kappa shape index (κ3) is 12.8. The van der Waals surface area contributed by atoms with E-state index >= 15 is 0 Å². The van der Waals surface area contributed by atoms with Crippen LogP contribution < -0.4 is 0 Å². The standard InChI is InChI=1S/2C18H24N2.C2H6N2.Re/c2*1-17(2,3)13-7-9-19-15(11-13)16-12-14(8-10-20-16)18(4,5)6;3-1-2-4;/h2*7-12H,1-6H3;3-4H,1-2H2;/q;;-2;. The summed E-state index contributed by atoms with van der Waals surface area (Å²) in [5, 5.41) is 0. The maximum atomic E-state index is 6.26. The van der Waals surface area contributed by atoms with Gasteiger partial charge in [-0.1, -0.05) is 83.1 Å². The van der Waals surface area contributed by atoms with Gasteiger partial charge in [0.15, 0.2) is 0 Å². The first-order valence-corrected chi connectivity index (χ1v) is 15.4. The molecule has 0 saturated carbocycles. The topological polar surface area (TPSA) is 99.2 Å².